The van der Waals surface area contributed by atoms with Gasteiger partial charge in [-0.2, -0.15) is 0 Å². The van der Waals surface area contributed by atoms with E-state index >= 15 is 0 Å². The molecule has 126 valence electrons. The van der Waals surface area contributed by atoms with Crippen LogP contribution in [0.2, 0.25) is 0 Å². The van der Waals surface area contributed by atoms with Crippen LogP contribution in [0.1, 0.15) is 0 Å². The minimum atomic E-state index is -6.00. The standard InChI is InChI=1S/C6H6.3BF4/c1-2-4-6-5-3-1;3*2-1(3,4)5/h1-6H;;;/q;3*-1. The topological polar surface area (TPSA) is 0 Å². The van der Waals surface area contributed by atoms with E-state index in [1.165, 1.54) is 0 Å². The zero-order valence-corrected chi connectivity index (χ0v) is 9.73. The third-order valence-corrected chi connectivity index (χ3v) is 0.667. The first-order chi connectivity index (χ1) is 9.00. The molecule has 0 bridgehead atoms. The molecule has 1 aromatic carbocycles. The van der Waals surface area contributed by atoms with E-state index in [0.29, 0.717) is 0 Å². The Bertz CT molecular complexity index is 243. The maximum Gasteiger partial charge on any atom is 0.673 e. The highest BCUT2D eigenvalue weighted by Crippen LogP contribution is 2.07. The van der Waals surface area contributed by atoms with Crippen LogP contribution < -0.4 is 0 Å². The van der Waals surface area contributed by atoms with Gasteiger partial charge in [-0.1, -0.05) is 36.4 Å². The lowest BCUT2D eigenvalue weighted by Gasteiger charge is -1.94. The van der Waals surface area contributed by atoms with Crippen molar-refractivity contribution >= 4 is 21.8 Å². The van der Waals surface area contributed by atoms with E-state index < -0.39 is 21.8 Å². The van der Waals surface area contributed by atoms with Crippen molar-refractivity contribution < 1.29 is 51.8 Å². The van der Waals surface area contributed by atoms with E-state index in [2.05, 4.69) is 0 Å². The molecule has 15 heteroatoms. The Morgan fingerprint density at radius 1 is 0.286 bits per heavy atom. The molecule has 1 aromatic rings. The van der Waals surface area contributed by atoms with Crippen LogP contribution in [0, 0.1) is 0 Å². The molecule has 0 heterocycles. The van der Waals surface area contributed by atoms with Crippen molar-refractivity contribution in [3.63, 3.8) is 0 Å². The second kappa shape index (κ2) is 11.3. The first kappa shape index (κ1) is 24.6. The van der Waals surface area contributed by atoms with Crippen LogP contribution in [0.4, 0.5) is 51.8 Å². The summed E-state index contributed by atoms with van der Waals surface area (Å²) in [5.41, 5.74) is 0. The highest BCUT2D eigenvalue weighted by atomic mass is 19.5. The van der Waals surface area contributed by atoms with Gasteiger partial charge in [-0.05, 0) is 0 Å². The second-order valence-electron chi connectivity index (χ2n) is 2.64. The molecule has 0 saturated carbocycles. The fourth-order valence-corrected chi connectivity index (χ4v) is 0.385. The van der Waals surface area contributed by atoms with Crippen molar-refractivity contribution in [2.24, 2.45) is 0 Å². The Labute approximate surface area is 111 Å². The van der Waals surface area contributed by atoms with E-state index in [1.807, 2.05) is 36.4 Å². The lowest BCUT2D eigenvalue weighted by Crippen LogP contribution is -2.02. The molecule has 0 radical (unpaired) electrons. The van der Waals surface area contributed by atoms with E-state index in [0.717, 1.165) is 0 Å². The van der Waals surface area contributed by atoms with Crippen molar-refractivity contribution in [3.05, 3.63) is 36.4 Å². The van der Waals surface area contributed by atoms with Crippen LogP contribution >= 0.6 is 0 Å². The molecule has 0 unspecified atom stereocenters. The molecule has 0 N–H and O–H groups in total. The van der Waals surface area contributed by atoms with Gasteiger partial charge in [0.05, 0.1) is 0 Å². The van der Waals surface area contributed by atoms with Crippen molar-refractivity contribution in [1.29, 1.82) is 0 Å². The molecular weight excluding hydrogens is 332 g/mol. The summed E-state index contributed by atoms with van der Waals surface area (Å²) in [6.07, 6.45) is 0. The number of halogens is 12. The van der Waals surface area contributed by atoms with Gasteiger partial charge in [0, 0.05) is 0 Å². The molecule has 0 aliphatic rings. The number of rotatable bonds is 0. The minimum Gasteiger partial charge on any atom is -0.418 e. The van der Waals surface area contributed by atoms with E-state index in [9.17, 15) is 51.8 Å². The Morgan fingerprint density at radius 2 is 0.333 bits per heavy atom. The molecule has 0 amide bonds. The minimum absolute atomic E-state index is 2.00. The predicted molar refractivity (Wildman–Crippen MR) is 57.0 cm³/mol. The van der Waals surface area contributed by atoms with Crippen LogP contribution in [-0.4, -0.2) is 21.8 Å². The van der Waals surface area contributed by atoms with Crippen molar-refractivity contribution in [1.82, 2.24) is 0 Å². The quantitative estimate of drug-likeness (QED) is 0.427. The lowest BCUT2D eigenvalue weighted by molar-refractivity contribution is 0.366. The molecule has 0 nitrogen and oxygen atoms in total. The summed E-state index contributed by atoms with van der Waals surface area (Å²) in [7, 11) is -18.0. The first-order valence-electron chi connectivity index (χ1n) is 4.62. The van der Waals surface area contributed by atoms with E-state index in [4.69, 9.17) is 0 Å². The third kappa shape index (κ3) is 244. The largest absolute Gasteiger partial charge is 0.673 e. The second-order valence-corrected chi connectivity index (χ2v) is 2.64. The van der Waals surface area contributed by atoms with E-state index in [1.54, 1.807) is 0 Å². The van der Waals surface area contributed by atoms with Crippen LogP contribution in [0.3, 0.4) is 0 Å². The lowest BCUT2D eigenvalue weighted by atomic mass is 10.3. The van der Waals surface area contributed by atoms with Gasteiger partial charge in [0.25, 0.3) is 0 Å². The molecule has 0 aliphatic heterocycles. The molecule has 0 aromatic heterocycles. The van der Waals surface area contributed by atoms with Gasteiger partial charge in [0.1, 0.15) is 0 Å². The summed E-state index contributed by atoms with van der Waals surface area (Å²) < 4.78 is 117. The maximum absolute atomic E-state index is 9.75. The van der Waals surface area contributed by atoms with Crippen molar-refractivity contribution in [2.75, 3.05) is 0 Å². The van der Waals surface area contributed by atoms with Crippen LogP contribution in [-0.2, 0) is 0 Å². The molecular formula is C6H6B3F12-3. The van der Waals surface area contributed by atoms with Crippen molar-refractivity contribution in [3.8, 4) is 0 Å². The van der Waals surface area contributed by atoms with Gasteiger partial charge in [-0.3, -0.25) is 0 Å². The zero-order chi connectivity index (χ0) is 17.7. The van der Waals surface area contributed by atoms with Gasteiger partial charge >= 0.3 is 21.8 Å². The molecule has 0 spiro atoms. The highest BCUT2D eigenvalue weighted by molar-refractivity contribution is 6.50. The normalized spacial score (nSPS) is 10.9. The van der Waals surface area contributed by atoms with Gasteiger partial charge < -0.3 is 51.8 Å². The number of hydrogen-bond acceptors (Lipinski definition) is 0. The average molecular weight is 339 g/mol. The molecule has 0 fully saturated rings. The molecule has 1 rings (SSSR count). The van der Waals surface area contributed by atoms with Gasteiger partial charge in [0.2, 0.25) is 0 Å². The molecule has 0 saturated heterocycles. The Hall–Kier alpha value is -1.43. The first-order valence-corrected chi connectivity index (χ1v) is 4.62. The Morgan fingerprint density at radius 3 is 0.381 bits per heavy atom. The van der Waals surface area contributed by atoms with Crippen molar-refractivity contribution in [2.45, 2.75) is 0 Å². The van der Waals surface area contributed by atoms with Crippen LogP contribution in [0.5, 0.6) is 0 Å². The van der Waals surface area contributed by atoms with E-state index in [-0.39, 0.29) is 0 Å². The molecule has 0 atom stereocenters. The van der Waals surface area contributed by atoms with Gasteiger partial charge in [-0.15, -0.1) is 0 Å². The Kier molecular flexibility index (Phi) is 13.2. The Balaban J connectivity index is -0.000000207. The SMILES string of the molecule is F[B-](F)(F)F.F[B-](F)(F)F.F[B-](F)(F)F.c1ccccc1. The zero-order valence-electron chi connectivity index (χ0n) is 9.73. The summed E-state index contributed by atoms with van der Waals surface area (Å²) in [6, 6.07) is 12.0. The smallest absolute Gasteiger partial charge is 0.418 e. The molecule has 21 heavy (non-hydrogen) atoms. The highest BCUT2D eigenvalue weighted by Gasteiger charge is 2.21. The monoisotopic (exact) mass is 339 g/mol. The summed E-state index contributed by atoms with van der Waals surface area (Å²) in [4.78, 5) is 0. The molecule has 0 aliphatic carbocycles. The predicted octanol–water partition coefficient (Wildman–Crippen LogP) is 5.59. The summed E-state index contributed by atoms with van der Waals surface area (Å²) in [5, 5.41) is 0. The average Bonchev–Trinajstić information content (AvgIpc) is 2.12. The summed E-state index contributed by atoms with van der Waals surface area (Å²) in [6.45, 7) is 0. The number of benzene rings is 1. The van der Waals surface area contributed by atoms with Gasteiger partial charge in [0.15, 0.2) is 0 Å². The summed E-state index contributed by atoms with van der Waals surface area (Å²) >= 11 is 0. The van der Waals surface area contributed by atoms with Crippen LogP contribution in [0.15, 0.2) is 36.4 Å². The number of hydrogen-bond donors (Lipinski definition) is 0. The maximum atomic E-state index is 9.75. The van der Waals surface area contributed by atoms with Gasteiger partial charge in [-0.25, -0.2) is 0 Å². The summed E-state index contributed by atoms with van der Waals surface area (Å²) in [5.74, 6) is 0. The van der Waals surface area contributed by atoms with Crippen LogP contribution in [0.25, 0.3) is 0 Å². The fourth-order valence-electron chi connectivity index (χ4n) is 0.385. The fraction of sp³-hybridized carbons (Fsp3) is 0. The third-order valence-electron chi connectivity index (χ3n) is 0.667.